The fraction of sp³-hybridized carbons (Fsp3) is 0. The molecule has 1 aromatic carbocycles. The van der Waals surface area contributed by atoms with Crippen LogP contribution in [0.2, 0.25) is 0 Å². The molecular weight excluding hydrogens is 176 g/mol. The van der Waals surface area contributed by atoms with Crippen molar-refractivity contribution < 1.29 is 4.55 Å². The van der Waals surface area contributed by atoms with Crippen LogP contribution in [0.4, 0.5) is 0 Å². The Bertz CT molecular complexity index is 241. The van der Waals surface area contributed by atoms with Crippen LogP contribution >= 0.6 is 0 Å². The lowest BCUT2D eigenvalue weighted by atomic mass is 10.2. The van der Waals surface area contributed by atoms with Crippen LogP contribution in [0.15, 0.2) is 35.7 Å². The molecule has 0 bridgehead atoms. The first kappa shape index (κ1) is 8.71. The van der Waals surface area contributed by atoms with Gasteiger partial charge in [-0.3, -0.25) is 0 Å². The van der Waals surface area contributed by atoms with Gasteiger partial charge in [-0.1, -0.05) is 24.8 Å². The zero-order valence-corrected chi connectivity index (χ0v) is 7.45. The van der Waals surface area contributed by atoms with Crippen molar-refractivity contribution in [1.29, 1.82) is 0 Å². The molecular formula is C8H7OS2-. The van der Waals surface area contributed by atoms with Crippen molar-refractivity contribution in [3.8, 4) is 0 Å². The highest BCUT2D eigenvalue weighted by Crippen LogP contribution is 2.10. The standard InChI is InChI=1S/C8H8OS2/c1-2-7-3-5-8(6-4-7)11(9)10/h2-6H,1H2,(H,9,10)/p-1. The fourth-order valence-electron chi connectivity index (χ4n) is 0.715. The number of rotatable bonds is 2. The molecule has 1 atom stereocenters. The molecule has 1 nitrogen and oxygen atoms in total. The summed E-state index contributed by atoms with van der Waals surface area (Å²) in [5.74, 6) is 0. The van der Waals surface area contributed by atoms with Crippen LogP contribution in [0, 0.1) is 0 Å². The number of hydrogen-bond acceptors (Lipinski definition) is 2. The third-order valence-electron chi connectivity index (χ3n) is 1.31. The van der Waals surface area contributed by atoms with Crippen molar-refractivity contribution in [2.24, 2.45) is 0 Å². The molecule has 58 valence electrons. The van der Waals surface area contributed by atoms with Gasteiger partial charge in [0.1, 0.15) is 4.90 Å². The minimum atomic E-state index is -1.29. The van der Waals surface area contributed by atoms with Gasteiger partial charge in [-0.05, 0) is 17.7 Å². The summed E-state index contributed by atoms with van der Waals surface area (Å²) in [6, 6.07) is 7.18. The van der Waals surface area contributed by atoms with E-state index in [1.54, 1.807) is 18.2 Å². The normalized spacial score (nSPS) is 12.5. The lowest BCUT2D eigenvalue weighted by Gasteiger charge is -2.13. The Hall–Kier alpha value is -0.380. The van der Waals surface area contributed by atoms with Crippen molar-refractivity contribution in [3.63, 3.8) is 0 Å². The molecule has 0 fully saturated rings. The first-order valence-corrected chi connectivity index (χ1v) is 5.13. The summed E-state index contributed by atoms with van der Waals surface area (Å²) in [5, 5.41) is 0. The zero-order chi connectivity index (χ0) is 8.27. The molecule has 3 heteroatoms. The van der Waals surface area contributed by atoms with Gasteiger partial charge >= 0.3 is 0 Å². The molecule has 0 aliphatic heterocycles. The second-order valence-electron chi connectivity index (χ2n) is 2.01. The van der Waals surface area contributed by atoms with Crippen LogP contribution in [0.3, 0.4) is 0 Å². The van der Waals surface area contributed by atoms with Gasteiger partial charge in [-0.2, -0.15) is 10.2 Å². The van der Waals surface area contributed by atoms with E-state index in [9.17, 15) is 4.55 Å². The van der Waals surface area contributed by atoms with Gasteiger partial charge in [0.05, 0.1) is 0 Å². The predicted molar refractivity (Wildman–Crippen MR) is 50.3 cm³/mol. The van der Waals surface area contributed by atoms with E-state index in [1.165, 1.54) is 0 Å². The summed E-state index contributed by atoms with van der Waals surface area (Å²) in [6.07, 6.45) is 1.73. The summed E-state index contributed by atoms with van der Waals surface area (Å²) in [6.45, 7) is 3.60. The number of benzene rings is 1. The van der Waals surface area contributed by atoms with Crippen LogP contribution in [0.25, 0.3) is 6.08 Å². The Morgan fingerprint density at radius 3 is 2.27 bits per heavy atom. The molecule has 0 aliphatic carbocycles. The lowest BCUT2D eigenvalue weighted by molar-refractivity contribution is 0.609. The molecule has 1 aromatic rings. The summed E-state index contributed by atoms with van der Waals surface area (Å²) >= 11 is 4.57. The van der Waals surface area contributed by atoms with Crippen LogP contribution in [0.5, 0.6) is 0 Å². The van der Waals surface area contributed by atoms with Crippen LogP contribution < -0.4 is 0 Å². The van der Waals surface area contributed by atoms with E-state index >= 15 is 0 Å². The maximum absolute atomic E-state index is 10.7. The van der Waals surface area contributed by atoms with Crippen molar-refractivity contribution in [2.75, 3.05) is 0 Å². The molecule has 0 saturated heterocycles. The Morgan fingerprint density at radius 2 is 1.91 bits per heavy atom. The minimum absolute atomic E-state index is 0.672. The lowest BCUT2D eigenvalue weighted by Crippen LogP contribution is -1.93. The van der Waals surface area contributed by atoms with Gasteiger partial charge < -0.3 is 16.2 Å². The molecule has 0 spiro atoms. The van der Waals surface area contributed by atoms with Crippen molar-refractivity contribution in [2.45, 2.75) is 4.90 Å². The van der Waals surface area contributed by atoms with Crippen LogP contribution in [0.1, 0.15) is 5.56 Å². The van der Waals surface area contributed by atoms with Crippen molar-refractivity contribution >= 4 is 27.9 Å². The Kier molecular flexibility index (Phi) is 3.05. The van der Waals surface area contributed by atoms with Gasteiger partial charge in [0.2, 0.25) is 0 Å². The van der Waals surface area contributed by atoms with Gasteiger partial charge in [-0.15, -0.1) is 0 Å². The quantitative estimate of drug-likeness (QED) is 0.397. The second kappa shape index (κ2) is 3.85. The van der Waals surface area contributed by atoms with E-state index in [0.29, 0.717) is 4.90 Å². The molecule has 1 rings (SSSR count). The predicted octanol–water partition coefficient (Wildman–Crippen LogP) is 1.90. The van der Waals surface area contributed by atoms with Gasteiger partial charge in [0.25, 0.3) is 0 Å². The SMILES string of the molecule is C=Cc1ccc([S+]([O-])[S-])cc1. The molecule has 0 radical (unpaired) electrons. The van der Waals surface area contributed by atoms with Crippen LogP contribution in [-0.4, -0.2) is 4.55 Å². The topological polar surface area (TPSA) is 23.1 Å². The van der Waals surface area contributed by atoms with E-state index in [2.05, 4.69) is 18.2 Å². The summed E-state index contributed by atoms with van der Waals surface area (Å²) in [7, 11) is -1.29. The highest BCUT2D eigenvalue weighted by Gasteiger charge is 1.94. The summed E-state index contributed by atoms with van der Waals surface area (Å²) in [4.78, 5) is 0.672. The Morgan fingerprint density at radius 1 is 1.36 bits per heavy atom. The fourth-order valence-corrected chi connectivity index (χ4v) is 1.41. The van der Waals surface area contributed by atoms with Crippen LogP contribution in [-0.2, 0) is 21.9 Å². The average molecular weight is 183 g/mol. The zero-order valence-electron chi connectivity index (χ0n) is 5.82. The van der Waals surface area contributed by atoms with Gasteiger partial charge in [-0.25, -0.2) is 0 Å². The largest absolute Gasteiger partial charge is 0.630 e. The third kappa shape index (κ3) is 2.29. The molecule has 0 aromatic heterocycles. The first-order valence-electron chi connectivity index (χ1n) is 3.06. The van der Waals surface area contributed by atoms with E-state index in [-0.39, 0.29) is 0 Å². The van der Waals surface area contributed by atoms with Gasteiger partial charge in [0.15, 0.2) is 0 Å². The number of hydrogen-bond donors (Lipinski definition) is 0. The monoisotopic (exact) mass is 183 g/mol. The Balaban J connectivity index is 2.91. The minimum Gasteiger partial charge on any atom is -0.630 e. The molecule has 0 saturated carbocycles. The van der Waals surface area contributed by atoms with E-state index < -0.39 is 10.2 Å². The van der Waals surface area contributed by atoms with E-state index in [4.69, 9.17) is 0 Å². The van der Waals surface area contributed by atoms with E-state index in [1.807, 2.05) is 12.1 Å². The maximum Gasteiger partial charge on any atom is 0.130 e. The molecule has 1 unspecified atom stereocenters. The highest BCUT2D eigenvalue weighted by molar-refractivity contribution is 8.53. The van der Waals surface area contributed by atoms with Crippen molar-refractivity contribution in [1.82, 2.24) is 0 Å². The highest BCUT2D eigenvalue weighted by atomic mass is 33.1. The summed E-state index contributed by atoms with van der Waals surface area (Å²) in [5.41, 5.74) is 1.01. The van der Waals surface area contributed by atoms with Gasteiger partial charge in [0, 0.05) is 0 Å². The third-order valence-corrected chi connectivity index (χ3v) is 2.54. The molecule has 0 aliphatic rings. The molecule has 0 N–H and O–H groups in total. The smallest absolute Gasteiger partial charge is 0.130 e. The Labute approximate surface area is 74.1 Å². The molecule has 0 heterocycles. The first-order chi connectivity index (χ1) is 5.24. The maximum atomic E-state index is 10.7. The van der Waals surface area contributed by atoms with E-state index in [0.717, 1.165) is 5.56 Å². The summed E-state index contributed by atoms with van der Waals surface area (Å²) < 4.78 is 10.7. The second-order valence-corrected chi connectivity index (χ2v) is 3.86. The van der Waals surface area contributed by atoms with Crippen molar-refractivity contribution in [3.05, 3.63) is 36.4 Å². The molecule has 11 heavy (non-hydrogen) atoms. The average Bonchev–Trinajstić information content (AvgIpc) is 2.05. The molecule has 0 amide bonds.